The van der Waals surface area contributed by atoms with Gasteiger partial charge in [-0.1, -0.05) is 6.92 Å². The highest BCUT2D eigenvalue weighted by Gasteiger charge is 2.16. The van der Waals surface area contributed by atoms with Gasteiger partial charge in [-0.25, -0.2) is 4.98 Å². The maximum Gasteiger partial charge on any atom is 0.306 e. The molecule has 1 atom stereocenters. The second-order valence-electron chi connectivity index (χ2n) is 2.99. The minimum Gasteiger partial charge on any atom is -0.481 e. The van der Waals surface area contributed by atoms with Gasteiger partial charge in [-0.05, 0) is 19.8 Å². The monoisotopic (exact) mass is 199 g/mol. The van der Waals surface area contributed by atoms with Gasteiger partial charge in [-0.3, -0.25) is 4.79 Å². The SMILES string of the molecule is CCC(Cc1cnc(C)s1)C(=O)O. The molecule has 0 amide bonds. The smallest absolute Gasteiger partial charge is 0.306 e. The Labute approximate surface area is 81.4 Å². The van der Waals surface area contributed by atoms with Gasteiger partial charge in [-0.2, -0.15) is 0 Å². The molecule has 1 heterocycles. The second-order valence-corrected chi connectivity index (χ2v) is 4.31. The first-order chi connectivity index (χ1) is 6.13. The van der Waals surface area contributed by atoms with E-state index < -0.39 is 5.97 Å². The van der Waals surface area contributed by atoms with Gasteiger partial charge in [0.25, 0.3) is 0 Å². The van der Waals surface area contributed by atoms with E-state index in [1.807, 2.05) is 13.8 Å². The molecule has 0 aliphatic heterocycles. The number of carbonyl (C=O) groups is 1. The van der Waals surface area contributed by atoms with Gasteiger partial charge in [0, 0.05) is 11.1 Å². The van der Waals surface area contributed by atoms with E-state index in [1.165, 1.54) is 0 Å². The Kier molecular flexibility index (Phi) is 3.42. The third kappa shape index (κ3) is 2.81. The fraction of sp³-hybridized carbons (Fsp3) is 0.556. The van der Waals surface area contributed by atoms with Crippen LogP contribution in [-0.2, 0) is 11.2 Å². The first kappa shape index (κ1) is 10.2. The molecule has 1 N–H and O–H groups in total. The summed E-state index contributed by atoms with van der Waals surface area (Å²) in [6, 6.07) is 0. The van der Waals surface area contributed by atoms with Gasteiger partial charge in [0.2, 0.25) is 0 Å². The Balaban J connectivity index is 2.61. The van der Waals surface area contributed by atoms with E-state index in [0.717, 1.165) is 9.88 Å². The van der Waals surface area contributed by atoms with E-state index in [9.17, 15) is 4.79 Å². The third-order valence-electron chi connectivity index (χ3n) is 1.96. The highest BCUT2D eigenvalue weighted by Crippen LogP contribution is 2.18. The van der Waals surface area contributed by atoms with Crippen molar-refractivity contribution in [2.75, 3.05) is 0 Å². The Morgan fingerprint density at radius 3 is 2.85 bits per heavy atom. The number of nitrogens with zero attached hydrogens (tertiary/aromatic N) is 1. The van der Waals surface area contributed by atoms with E-state index in [1.54, 1.807) is 17.5 Å². The summed E-state index contributed by atoms with van der Waals surface area (Å²) in [5, 5.41) is 9.82. The minimum absolute atomic E-state index is 0.264. The highest BCUT2D eigenvalue weighted by molar-refractivity contribution is 7.11. The molecule has 0 saturated heterocycles. The summed E-state index contributed by atoms with van der Waals surface area (Å²) in [7, 11) is 0. The van der Waals surface area contributed by atoms with Gasteiger partial charge in [0.15, 0.2) is 0 Å². The van der Waals surface area contributed by atoms with Crippen LogP contribution in [-0.4, -0.2) is 16.1 Å². The zero-order valence-corrected chi connectivity index (χ0v) is 8.60. The number of aryl methyl sites for hydroxylation is 1. The van der Waals surface area contributed by atoms with Crippen molar-refractivity contribution in [3.05, 3.63) is 16.1 Å². The standard InChI is InChI=1S/C9H13NO2S/c1-3-7(9(11)12)4-8-5-10-6(2)13-8/h5,7H,3-4H2,1-2H3,(H,11,12). The number of hydrogen-bond acceptors (Lipinski definition) is 3. The van der Waals surface area contributed by atoms with Crippen molar-refractivity contribution < 1.29 is 9.90 Å². The molecule has 0 radical (unpaired) electrons. The van der Waals surface area contributed by atoms with Crippen LogP contribution in [0.15, 0.2) is 6.20 Å². The Bertz CT molecular complexity index is 296. The van der Waals surface area contributed by atoms with Gasteiger partial charge in [-0.15, -0.1) is 11.3 Å². The lowest BCUT2D eigenvalue weighted by atomic mass is 10.0. The molecule has 0 saturated carbocycles. The fourth-order valence-electron chi connectivity index (χ4n) is 1.15. The Morgan fingerprint density at radius 2 is 2.46 bits per heavy atom. The van der Waals surface area contributed by atoms with Crippen LogP contribution in [0.3, 0.4) is 0 Å². The number of rotatable bonds is 4. The molecule has 0 aliphatic rings. The zero-order chi connectivity index (χ0) is 9.84. The summed E-state index contributed by atoms with van der Waals surface area (Å²) in [5.74, 6) is -0.978. The molecule has 0 aliphatic carbocycles. The van der Waals surface area contributed by atoms with Crippen molar-refractivity contribution in [2.24, 2.45) is 5.92 Å². The number of hydrogen-bond donors (Lipinski definition) is 1. The molecule has 1 unspecified atom stereocenters. The van der Waals surface area contributed by atoms with Crippen LogP contribution in [0, 0.1) is 12.8 Å². The summed E-state index contributed by atoms with van der Waals surface area (Å²) in [5.41, 5.74) is 0. The van der Waals surface area contributed by atoms with Crippen LogP contribution in [0.25, 0.3) is 0 Å². The van der Waals surface area contributed by atoms with Gasteiger partial charge in [0.1, 0.15) is 0 Å². The number of carboxylic acids is 1. The van der Waals surface area contributed by atoms with Crippen LogP contribution in [0.1, 0.15) is 23.2 Å². The van der Waals surface area contributed by atoms with E-state index >= 15 is 0 Å². The van der Waals surface area contributed by atoms with Crippen LogP contribution in [0.5, 0.6) is 0 Å². The van der Waals surface area contributed by atoms with Gasteiger partial charge in [0.05, 0.1) is 10.9 Å². The van der Waals surface area contributed by atoms with Crippen molar-refractivity contribution in [2.45, 2.75) is 26.7 Å². The molecule has 1 aromatic heterocycles. The summed E-state index contributed by atoms with van der Waals surface area (Å²) in [4.78, 5) is 15.9. The summed E-state index contributed by atoms with van der Waals surface area (Å²) >= 11 is 1.57. The van der Waals surface area contributed by atoms with Crippen LogP contribution < -0.4 is 0 Å². The average Bonchev–Trinajstić information content (AvgIpc) is 2.46. The lowest BCUT2D eigenvalue weighted by Gasteiger charge is -2.06. The summed E-state index contributed by atoms with van der Waals surface area (Å²) in [6.45, 7) is 3.82. The molecule has 1 aromatic rings. The molecule has 72 valence electrons. The molecule has 0 bridgehead atoms. The van der Waals surface area contributed by atoms with Gasteiger partial charge < -0.3 is 5.11 Å². The van der Waals surface area contributed by atoms with Crippen molar-refractivity contribution in [1.29, 1.82) is 0 Å². The molecule has 1 rings (SSSR count). The van der Waals surface area contributed by atoms with Crippen molar-refractivity contribution in [3.8, 4) is 0 Å². The maximum atomic E-state index is 10.7. The van der Waals surface area contributed by atoms with Crippen molar-refractivity contribution >= 4 is 17.3 Å². The van der Waals surface area contributed by atoms with E-state index in [4.69, 9.17) is 5.11 Å². The molecule has 3 nitrogen and oxygen atoms in total. The molecule has 4 heteroatoms. The third-order valence-corrected chi connectivity index (χ3v) is 2.89. The normalized spacial score (nSPS) is 12.8. The minimum atomic E-state index is -0.714. The number of thiazole rings is 1. The number of aromatic nitrogens is 1. The predicted octanol–water partition coefficient (Wildman–Crippen LogP) is 2.10. The summed E-state index contributed by atoms with van der Waals surface area (Å²) in [6.07, 6.45) is 3.05. The molecule has 0 fully saturated rings. The van der Waals surface area contributed by atoms with Crippen LogP contribution in [0.2, 0.25) is 0 Å². The zero-order valence-electron chi connectivity index (χ0n) is 7.78. The quantitative estimate of drug-likeness (QED) is 0.808. The molecule has 0 aromatic carbocycles. The first-order valence-electron chi connectivity index (χ1n) is 4.27. The van der Waals surface area contributed by atoms with Crippen molar-refractivity contribution in [1.82, 2.24) is 4.98 Å². The maximum absolute atomic E-state index is 10.7. The lowest BCUT2D eigenvalue weighted by molar-refractivity contribution is -0.141. The second kappa shape index (κ2) is 4.37. The molecule has 13 heavy (non-hydrogen) atoms. The fourth-order valence-corrected chi connectivity index (χ4v) is 2.02. The van der Waals surface area contributed by atoms with E-state index in [-0.39, 0.29) is 5.92 Å². The number of carboxylic acid groups (broad SMARTS) is 1. The number of aliphatic carboxylic acids is 1. The van der Waals surface area contributed by atoms with Crippen molar-refractivity contribution in [3.63, 3.8) is 0 Å². The first-order valence-corrected chi connectivity index (χ1v) is 5.09. The van der Waals surface area contributed by atoms with Crippen LogP contribution >= 0.6 is 11.3 Å². The lowest BCUT2D eigenvalue weighted by Crippen LogP contribution is -2.14. The van der Waals surface area contributed by atoms with Gasteiger partial charge >= 0.3 is 5.97 Å². The topological polar surface area (TPSA) is 50.2 Å². The molecule has 0 spiro atoms. The summed E-state index contributed by atoms with van der Waals surface area (Å²) < 4.78 is 0. The molecular weight excluding hydrogens is 186 g/mol. The predicted molar refractivity (Wildman–Crippen MR) is 52.0 cm³/mol. The molecular formula is C9H13NO2S. The largest absolute Gasteiger partial charge is 0.481 e. The van der Waals surface area contributed by atoms with Crippen LogP contribution in [0.4, 0.5) is 0 Å². The van der Waals surface area contributed by atoms with E-state index in [2.05, 4.69) is 4.98 Å². The highest BCUT2D eigenvalue weighted by atomic mass is 32.1. The van der Waals surface area contributed by atoms with E-state index in [0.29, 0.717) is 12.8 Å². The average molecular weight is 199 g/mol. The Morgan fingerprint density at radius 1 is 1.77 bits per heavy atom. The Hall–Kier alpha value is -0.900.